The van der Waals surface area contributed by atoms with Crippen LogP contribution in [0.1, 0.15) is 21.6 Å². The zero-order valence-corrected chi connectivity index (χ0v) is 7.42. The summed E-state index contributed by atoms with van der Waals surface area (Å²) in [4.78, 5) is 15.2. The lowest BCUT2D eigenvalue weighted by atomic mass is 10.1. The number of rotatable bonds is 1. The van der Waals surface area contributed by atoms with E-state index in [0.29, 0.717) is 11.3 Å². The topological polar surface area (TPSA) is 39.2 Å². The average Bonchev–Trinajstić information content (AvgIpc) is 2.03. The molecule has 0 N–H and O–H groups in total. The van der Waals surface area contributed by atoms with Gasteiger partial charge in [0.2, 0.25) is 0 Å². The van der Waals surface area contributed by atoms with Gasteiger partial charge in [0.05, 0.1) is 18.4 Å². The van der Waals surface area contributed by atoms with Crippen molar-refractivity contribution < 1.29 is 9.53 Å². The minimum absolute atomic E-state index is 0.321. The van der Waals surface area contributed by atoms with Gasteiger partial charge >= 0.3 is 5.97 Å². The smallest absolute Gasteiger partial charge is 0.339 e. The second-order valence-electron chi connectivity index (χ2n) is 2.58. The molecule has 12 heavy (non-hydrogen) atoms. The number of ether oxygens (including phenoxy) is 1. The quantitative estimate of drug-likeness (QED) is 0.592. The number of nitrogens with zero attached hydrogens (tertiary/aromatic N) is 1. The number of hydrogen-bond acceptors (Lipinski definition) is 3. The predicted octanol–water partition coefficient (Wildman–Crippen LogP) is 1.49. The highest BCUT2D eigenvalue weighted by Gasteiger charge is 2.11. The largest absolute Gasteiger partial charge is 0.465 e. The zero-order valence-electron chi connectivity index (χ0n) is 7.42. The van der Waals surface area contributed by atoms with Gasteiger partial charge in [-0.05, 0) is 25.5 Å². The van der Waals surface area contributed by atoms with Crippen LogP contribution in [-0.2, 0) is 4.74 Å². The van der Waals surface area contributed by atoms with Crippen LogP contribution in [0.4, 0.5) is 0 Å². The molecule has 0 unspecified atom stereocenters. The lowest BCUT2D eigenvalue weighted by Gasteiger charge is -2.04. The Hall–Kier alpha value is -1.38. The van der Waals surface area contributed by atoms with Crippen LogP contribution in [0, 0.1) is 13.8 Å². The number of carbonyl (C=O) groups is 1. The Bertz CT molecular complexity index is 287. The molecule has 3 heteroatoms. The number of hydrogen-bond donors (Lipinski definition) is 0. The number of aryl methyl sites for hydroxylation is 2. The molecule has 0 aliphatic carbocycles. The van der Waals surface area contributed by atoms with E-state index in [1.807, 2.05) is 6.92 Å². The number of carbonyl (C=O) groups excluding carboxylic acids is 1. The lowest BCUT2D eigenvalue weighted by molar-refractivity contribution is 0.0598. The van der Waals surface area contributed by atoms with Crippen LogP contribution in [0.5, 0.6) is 0 Å². The number of pyridine rings is 1. The first-order valence-corrected chi connectivity index (χ1v) is 3.67. The van der Waals surface area contributed by atoms with E-state index < -0.39 is 0 Å². The summed E-state index contributed by atoms with van der Waals surface area (Å²) in [5.41, 5.74) is 2.18. The van der Waals surface area contributed by atoms with E-state index in [2.05, 4.69) is 9.72 Å². The zero-order chi connectivity index (χ0) is 9.14. The Balaban J connectivity index is 3.21. The summed E-state index contributed by atoms with van der Waals surface area (Å²) >= 11 is 0. The molecular formula is C9H11NO2. The highest BCUT2D eigenvalue weighted by atomic mass is 16.5. The van der Waals surface area contributed by atoms with E-state index in [1.165, 1.54) is 7.11 Å². The normalized spacial score (nSPS) is 9.58. The van der Waals surface area contributed by atoms with Crippen molar-refractivity contribution in [2.75, 3.05) is 7.11 Å². The SMILES string of the molecule is COC(=O)c1c(C)ccnc1C. The molecule has 64 valence electrons. The Morgan fingerprint density at radius 2 is 2.17 bits per heavy atom. The second-order valence-corrected chi connectivity index (χ2v) is 2.58. The maximum Gasteiger partial charge on any atom is 0.339 e. The molecular weight excluding hydrogens is 154 g/mol. The maximum atomic E-state index is 11.2. The molecule has 0 atom stereocenters. The van der Waals surface area contributed by atoms with Gasteiger partial charge in [0.15, 0.2) is 0 Å². The van der Waals surface area contributed by atoms with Crippen molar-refractivity contribution in [3.63, 3.8) is 0 Å². The third-order valence-corrected chi connectivity index (χ3v) is 1.74. The number of esters is 1. The maximum absolute atomic E-state index is 11.2. The minimum atomic E-state index is -0.321. The van der Waals surface area contributed by atoms with E-state index in [1.54, 1.807) is 19.2 Å². The van der Waals surface area contributed by atoms with Gasteiger partial charge in [-0.15, -0.1) is 0 Å². The lowest BCUT2D eigenvalue weighted by Crippen LogP contribution is -2.07. The first kappa shape index (κ1) is 8.71. The van der Waals surface area contributed by atoms with Crippen molar-refractivity contribution in [3.8, 4) is 0 Å². The van der Waals surface area contributed by atoms with E-state index in [4.69, 9.17) is 0 Å². The summed E-state index contributed by atoms with van der Waals surface area (Å²) < 4.78 is 4.62. The molecule has 0 spiro atoms. The van der Waals surface area contributed by atoms with Gasteiger partial charge in [0, 0.05) is 6.20 Å². The Kier molecular flexibility index (Phi) is 2.43. The second kappa shape index (κ2) is 3.34. The van der Waals surface area contributed by atoms with Crippen molar-refractivity contribution in [2.24, 2.45) is 0 Å². The molecule has 1 heterocycles. The van der Waals surface area contributed by atoms with Gasteiger partial charge in [0.25, 0.3) is 0 Å². The number of methoxy groups -OCH3 is 1. The molecule has 0 radical (unpaired) electrons. The molecule has 0 fully saturated rings. The first-order valence-electron chi connectivity index (χ1n) is 3.67. The molecule has 1 aromatic heterocycles. The summed E-state index contributed by atoms with van der Waals surface area (Å²) in [5, 5.41) is 0. The summed E-state index contributed by atoms with van der Waals surface area (Å²) in [7, 11) is 1.37. The molecule has 0 aliphatic heterocycles. The van der Waals surface area contributed by atoms with Crippen molar-refractivity contribution in [1.82, 2.24) is 4.98 Å². The molecule has 0 saturated carbocycles. The monoisotopic (exact) mass is 165 g/mol. The van der Waals surface area contributed by atoms with Gasteiger partial charge in [-0.25, -0.2) is 4.79 Å². The fourth-order valence-corrected chi connectivity index (χ4v) is 1.10. The number of aromatic nitrogens is 1. The van der Waals surface area contributed by atoms with Crippen molar-refractivity contribution in [2.45, 2.75) is 13.8 Å². The molecule has 1 rings (SSSR count). The molecule has 3 nitrogen and oxygen atoms in total. The van der Waals surface area contributed by atoms with Crippen LogP contribution in [-0.4, -0.2) is 18.1 Å². The van der Waals surface area contributed by atoms with Gasteiger partial charge in [0.1, 0.15) is 0 Å². The molecule has 0 amide bonds. The Morgan fingerprint density at radius 3 is 2.67 bits per heavy atom. The van der Waals surface area contributed by atoms with Crippen molar-refractivity contribution >= 4 is 5.97 Å². The van der Waals surface area contributed by atoms with Gasteiger partial charge in [-0.1, -0.05) is 0 Å². The van der Waals surface area contributed by atoms with Crippen molar-refractivity contribution in [3.05, 3.63) is 29.1 Å². The average molecular weight is 165 g/mol. The highest BCUT2D eigenvalue weighted by Crippen LogP contribution is 2.11. The van der Waals surface area contributed by atoms with Crippen molar-refractivity contribution in [1.29, 1.82) is 0 Å². The summed E-state index contributed by atoms with van der Waals surface area (Å²) in [6.07, 6.45) is 1.68. The van der Waals surface area contributed by atoms with Gasteiger partial charge in [-0.3, -0.25) is 4.98 Å². The Labute approximate surface area is 71.4 Å². The highest BCUT2D eigenvalue weighted by molar-refractivity contribution is 5.91. The van der Waals surface area contributed by atoms with E-state index in [0.717, 1.165) is 5.56 Å². The van der Waals surface area contributed by atoms with Gasteiger partial charge < -0.3 is 4.74 Å². The minimum Gasteiger partial charge on any atom is -0.465 e. The summed E-state index contributed by atoms with van der Waals surface area (Å²) in [5.74, 6) is -0.321. The summed E-state index contributed by atoms with van der Waals surface area (Å²) in [6, 6.07) is 1.79. The fourth-order valence-electron chi connectivity index (χ4n) is 1.10. The van der Waals surface area contributed by atoms with E-state index in [9.17, 15) is 4.79 Å². The van der Waals surface area contributed by atoms with Crippen LogP contribution < -0.4 is 0 Å². The van der Waals surface area contributed by atoms with Crippen LogP contribution in [0.25, 0.3) is 0 Å². The third kappa shape index (κ3) is 1.44. The van der Waals surface area contributed by atoms with Crippen LogP contribution in [0.3, 0.4) is 0 Å². The molecule has 0 saturated heterocycles. The van der Waals surface area contributed by atoms with Gasteiger partial charge in [-0.2, -0.15) is 0 Å². The van der Waals surface area contributed by atoms with Crippen LogP contribution >= 0.6 is 0 Å². The Morgan fingerprint density at radius 1 is 1.50 bits per heavy atom. The molecule has 0 aromatic carbocycles. The molecule has 0 aliphatic rings. The summed E-state index contributed by atoms with van der Waals surface area (Å²) in [6.45, 7) is 3.65. The van der Waals surface area contributed by atoms with Crippen LogP contribution in [0.2, 0.25) is 0 Å². The standard InChI is InChI=1S/C9H11NO2/c1-6-4-5-10-7(2)8(6)9(11)12-3/h4-5H,1-3H3. The van der Waals surface area contributed by atoms with Crippen LogP contribution in [0.15, 0.2) is 12.3 Å². The third-order valence-electron chi connectivity index (χ3n) is 1.74. The fraction of sp³-hybridized carbons (Fsp3) is 0.333. The molecule has 0 bridgehead atoms. The van der Waals surface area contributed by atoms with E-state index >= 15 is 0 Å². The first-order chi connectivity index (χ1) is 5.66. The predicted molar refractivity (Wildman–Crippen MR) is 45.1 cm³/mol. The van der Waals surface area contributed by atoms with E-state index in [-0.39, 0.29) is 5.97 Å². The molecule has 1 aromatic rings.